The molecule has 0 saturated heterocycles. The lowest BCUT2D eigenvalue weighted by Crippen LogP contribution is -2.29. The smallest absolute Gasteiger partial charge is 0.211 e. The summed E-state index contributed by atoms with van der Waals surface area (Å²) in [5.74, 6) is 0.877. The predicted octanol–water partition coefficient (Wildman–Crippen LogP) is 0.867. The maximum absolute atomic E-state index is 11.4. The first-order chi connectivity index (χ1) is 7.03. The fourth-order valence-corrected chi connectivity index (χ4v) is 2.60. The molecule has 0 bridgehead atoms. The van der Waals surface area contributed by atoms with Crippen molar-refractivity contribution in [1.82, 2.24) is 4.72 Å². The number of rotatable bonds is 8. The van der Waals surface area contributed by atoms with Gasteiger partial charge in [-0.15, -0.1) is 0 Å². The number of hydrogen-bond donors (Lipinski definition) is 2. The van der Waals surface area contributed by atoms with Gasteiger partial charge >= 0.3 is 0 Å². The molecule has 0 aromatic carbocycles. The molecule has 0 aromatic heterocycles. The van der Waals surface area contributed by atoms with Gasteiger partial charge in [-0.05, 0) is 25.2 Å². The molecule has 0 aromatic rings. The van der Waals surface area contributed by atoms with Gasteiger partial charge in [0.05, 0.1) is 11.9 Å². The Morgan fingerprint density at radius 3 is 2.67 bits per heavy atom. The molecule has 0 radical (unpaired) electrons. The molecule has 1 unspecified atom stereocenters. The van der Waals surface area contributed by atoms with Gasteiger partial charge in [0.1, 0.15) is 0 Å². The van der Waals surface area contributed by atoms with E-state index in [-0.39, 0.29) is 5.75 Å². The summed E-state index contributed by atoms with van der Waals surface area (Å²) in [7, 11) is -3.10. The van der Waals surface area contributed by atoms with Crippen molar-refractivity contribution in [2.75, 3.05) is 12.3 Å². The Kier molecular flexibility index (Phi) is 5.02. The molecular formula is C10H21NO3S. The van der Waals surface area contributed by atoms with Crippen molar-refractivity contribution in [1.29, 1.82) is 0 Å². The average molecular weight is 235 g/mol. The number of sulfonamides is 1. The Bertz CT molecular complexity index is 272. The van der Waals surface area contributed by atoms with Crippen molar-refractivity contribution >= 4 is 10.0 Å². The summed E-state index contributed by atoms with van der Waals surface area (Å²) in [6.45, 7) is 2.23. The Hall–Kier alpha value is -0.130. The minimum atomic E-state index is -3.10. The highest BCUT2D eigenvalue weighted by Gasteiger charge is 2.23. The molecule has 1 aliphatic rings. The quantitative estimate of drug-likeness (QED) is 0.656. The molecule has 1 aliphatic carbocycles. The van der Waals surface area contributed by atoms with Crippen molar-refractivity contribution in [3.05, 3.63) is 0 Å². The molecule has 15 heavy (non-hydrogen) atoms. The van der Waals surface area contributed by atoms with Crippen LogP contribution in [0.3, 0.4) is 0 Å². The number of nitrogens with one attached hydrogen (secondary N) is 1. The van der Waals surface area contributed by atoms with Gasteiger partial charge in [-0.25, -0.2) is 13.1 Å². The zero-order valence-electron chi connectivity index (χ0n) is 9.28. The largest absolute Gasteiger partial charge is 0.393 e. The highest BCUT2D eigenvalue weighted by atomic mass is 32.2. The minimum Gasteiger partial charge on any atom is -0.393 e. The van der Waals surface area contributed by atoms with Crippen molar-refractivity contribution in [3.63, 3.8) is 0 Å². The van der Waals surface area contributed by atoms with Crippen LogP contribution in [0.15, 0.2) is 0 Å². The van der Waals surface area contributed by atoms with Gasteiger partial charge in [0.2, 0.25) is 10.0 Å². The summed E-state index contributed by atoms with van der Waals surface area (Å²) in [4.78, 5) is 0. The third kappa shape index (κ3) is 6.12. The summed E-state index contributed by atoms with van der Waals surface area (Å²) in [5.41, 5.74) is 0. The molecule has 0 amide bonds. The molecule has 1 saturated carbocycles. The molecule has 90 valence electrons. The van der Waals surface area contributed by atoms with Crippen LogP contribution in [0.25, 0.3) is 0 Å². The first-order valence-corrected chi connectivity index (χ1v) is 7.34. The van der Waals surface area contributed by atoms with E-state index in [2.05, 4.69) is 4.72 Å². The molecule has 0 heterocycles. The summed E-state index contributed by atoms with van der Waals surface area (Å²) >= 11 is 0. The maximum atomic E-state index is 11.4. The van der Waals surface area contributed by atoms with Crippen LogP contribution in [0, 0.1) is 5.92 Å². The van der Waals surface area contributed by atoms with E-state index in [1.807, 2.05) is 6.92 Å². The standard InChI is InChI=1S/C10H21NO3S/c1-2-10(12)5-7-11-15(13,14)8-6-9-3-4-9/h9-12H,2-8H2,1H3. The maximum Gasteiger partial charge on any atom is 0.211 e. The molecule has 4 nitrogen and oxygen atoms in total. The lowest BCUT2D eigenvalue weighted by molar-refractivity contribution is 0.162. The summed E-state index contributed by atoms with van der Waals surface area (Å²) in [6.07, 6.45) is 3.93. The number of aliphatic hydroxyl groups is 1. The highest BCUT2D eigenvalue weighted by molar-refractivity contribution is 7.89. The lowest BCUT2D eigenvalue weighted by atomic mass is 10.2. The summed E-state index contributed by atoms with van der Waals surface area (Å²) in [6, 6.07) is 0. The van der Waals surface area contributed by atoms with E-state index < -0.39 is 16.1 Å². The van der Waals surface area contributed by atoms with Gasteiger partial charge in [0.25, 0.3) is 0 Å². The van der Waals surface area contributed by atoms with E-state index >= 15 is 0 Å². The molecule has 0 spiro atoms. The van der Waals surface area contributed by atoms with Gasteiger partial charge in [0, 0.05) is 6.54 Å². The van der Waals surface area contributed by atoms with E-state index in [1.54, 1.807) is 0 Å². The van der Waals surface area contributed by atoms with Crippen molar-refractivity contribution < 1.29 is 13.5 Å². The summed E-state index contributed by atoms with van der Waals surface area (Å²) < 4.78 is 25.4. The van der Waals surface area contributed by atoms with Gasteiger partial charge < -0.3 is 5.11 Å². The van der Waals surface area contributed by atoms with Crippen LogP contribution < -0.4 is 4.72 Å². The Morgan fingerprint density at radius 2 is 2.13 bits per heavy atom. The van der Waals surface area contributed by atoms with E-state index in [0.717, 1.165) is 6.42 Å². The van der Waals surface area contributed by atoms with Gasteiger partial charge in [-0.2, -0.15) is 0 Å². The summed E-state index contributed by atoms with van der Waals surface area (Å²) in [5, 5.41) is 9.25. The molecular weight excluding hydrogens is 214 g/mol. The van der Waals surface area contributed by atoms with Crippen molar-refractivity contribution in [2.24, 2.45) is 5.92 Å². The second-order valence-electron chi connectivity index (χ2n) is 4.30. The minimum absolute atomic E-state index is 0.236. The van der Waals surface area contributed by atoms with Crippen LogP contribution in [-0.4, -0.2) is 31.9 Å². The van der Waals surface area contributed by atoms with Gasteiger partial charge in [-0.1, -0.05) is 19.8 Å². The fourth-order valence-electron chi connectivity index (χ4n) is 1.39. The predicted molar refractivity (Wildman–Crippen MR) is 60.0 cm³/mol. The normalized spacial score (nSPS) is 19.1. The van der Waals surface area contributed by atoms with E-state index in [9.17, 15) is 13.5 Å². The van der Waals surface area contributed by atoms with Crippen LogP contribution in [0.5, 0.6) is 0 Å². The zero-order chi connectivity index (χ0) is 11.3. The molecule has 1 fully saturated rings. The third-order valence-electron chi connectivity index (χ3n) is 2.76. The van der Waals surface area contributed by atoms with Crippen LogP contribution in [0.1, 0.15) is 39.0 Å². The third-order valence-corrected chi connectivity index (χ3v) is 4.18. The van der Waals surface area contributed by atoms with Crippen LogP contribution in [0.2, 0.25) is 0 Å². The molecule has 2 N–H and O–H groups in total. The van der Waals surface area contributed by atoms with Gasteiger partial charge in [0.15, 0.2) is 0 Å². The van der Waals surface area contributed by atoms with Crippen LogP contribution in [-0.2, 0) is 10.0 Å². The van der Waals surface area contributed by atoms with Crippen molar-refractivity contribution in [2.45, 2.75) is 45.1 Å². The fraction of sp³-hybridized carbons (Fsp3) is 1.00. The van der Waals surface area contributed by atoms with Crippen LogP contribution >= 0.6 is 0 Å². The second kappa shape index (κ2) is 5.82. The number of hydrogen-bond acceptors (Lipinski definition) is 3. The van der Waals surface area contributed by atoms with Gasteiger partial charge in [-0.3, -0.25) is 0 Å². The number of aliphatic hydroxyl groups excluding tert-OH is 1. The SMILES string of the molecule is CCC(O)CCNS(=O)(=O)CCC1CC1. The monoisotopic (exact) mass is 235 g/mol. The molecule has 1 rings (SSSR count). The molecule has 1 atom stereocenters. The van der Waals surface area contributed by atoms with Crippen LogP contribution in [0.4, 0.5) is 0 Å². The first kappa shape index (κ1) is 12.9. The molecule has 5 heteroatoms. The average Bonchev–Trinajstić information content (AvgIpc) is 2.98. The lowest BCUT2D eigenvalue weighted by Gasteiger charge is -2.09. The highest BCUT2D eigenvalue weighted by Crippen LogP contribution is 2.32. The Balaban J connectivity index is 2.11. The Morgan fingerprint density at radius 1 is 1.47 bits per heavy atom. The first-order valence-electron chi connectivity index (χ1n) is 5.69. The topological polar surface area (TPSA) is 66.4 Å². The second-order valence-corrected chi connectivity index (χ2v) is 6.22. The molecule has 0 aliphatic heterocycles. The Labute approximate surface area is 92.1 Å². The van der Waals surface area contributed by atoms with Crippen molar-refractivity contribution in [3.8, 4) is 0 Å². The van der Waals surface area contributed by atoms with E-state index in [4.69, 9.17) is 0 Å². The zero-order valence-corrected chi connectivity index (χ0v) is 10.1. The van der Waals surface area contributed by atoms with E-state index in [0.29, 0.717) is 25.3 Å². The van der Waals surface area contributed by atoms with E-state index in [1.165, 1.54) is 12.8 Å².